The van der Waals surface area contributed by atoms with Crippen LogP contribution in [0.1, 0.15) is 22.0 Å². The maximum absolute atomic E-state index is 13.6. The normalized spacial score (nSPS) is 15.3. The summed E-state index contributed by atoms with van der Waals surface area (Å²) < 4.78 is 31.6. The Kier molecular flexibility index (Phi) is 7.44. The lowest BCUT2D eigenvalue weighted by Crippen LogP contribution is -2.31. The lowest BCUT2D eigenvalue weighted by molar-refractivity contribution is -0.117. The number of Topliss-reactive ketones (excluding diaryl/α,β-unsaturated/α-hetero) is 1. The van der Waals surface area contributed by atoms with Crippen LogP contribution in [0.4, 0.5) is 10.8 Å². The number of ether oxygens (including phenoxy) is 1. The number of aliphatic hydroxyl groups is 1. The molecule has 0 aliphatic carbocycles. The first-order valence-electron chi connectivity index (χ1n) is 11.7. The predicted molar refractivity (Wildman–Crippen MR) is 150 cm³/mol. The number of anilines is 2. The Hall–Kier alpha value is -4.43. The minimum atomic E-state index is -4.08. The van der Waals surface area contributed by atoms with E-state index < -0.39 is 33.3 Å². The van der Waals surface area contributed by atoms with Crippen LogP contribution in [-0.2, 0) is 14.6 Å². The number of amides is 1. The van der Waals surface area contributed by atoms with Gasteiger partial charge >= 0.3 is 0 Å². The molecule has 14 heteroatoms. The zero-order valence-electron chi connectivity index (χ0n) is 21.0. The number of carbonyl (C=O) groups excluding carboxylic acids is 2. The number of halogens is 1. The van der Waals surface area contributed by atoms with Crippen LogP contribution in [-0.4, -0.2) is 47.6 Å². The maximum Gasteiger partial charge on any atom is 0.296 e. The number of aromatic nitrogens is 1. The summed E-state index contributed by atoms with van der Waals surface area (Å²) in [4.78, 5) is 32.2. The molecular weight excluding hydrogens is 594 g/mol. The molecule has 1 amide bonds. The molecule has 3 aromatic carbocycles. The van der Waals surface area contributed by atoms with Crippen LogP contribution in [0.25, 0.3) is 0 Å². The number of phenolic OH excluding ortho intramolecular Hbond substituents is 1. The molecule has 0 bridgehead atoms. The molecule has 1 aliphatic heterocycles. The minimum absolute atomic E-state index is 0.0443. The van der Waals surface area contributed by atoms with Gasteiger partial charge in [-0.2, -0.15) is 0 Å². The number of rotatable bonds is 8. The van der Waals surface area contributed by atoms with Crippen molar-refractivity contribution in [1.29, 1.82) is 0 Å². The van der Waals surface area contributed by atoms with Gasteiger partial charge in [0.2, 0.25) is 9.84 Å². The van der Waals surface area contributed by atoms with E-state index >= 15 is 0 Å². The molecular formula is C27H20ClN3O8S2. The van der Waals surface area contributed by atoms with E-state index in [9.17, 15) is 28.2 Å². The lowest BCUT2D eigenvalue weighted by atomic mass is 9.92. The summed E-state index contributed by atoms with van der Waals surface area (Å²) in [7, 11) is -2.75. The first-order chi connectivity index (χ1) is 19.6. The molecule has 0 spiro atoms. The summed E-state index contributed by atoms with van der Waals surface area (Å²) in [6.07, 6.45) is 1.07. The average molecular weight is 614 g/mol. The summed E-state index contributed by atoms with van der Waals surface area (Å²) in [6.45, 7) is 0. The number of thiazole rings is 1. The Morgan fingerprint density at radius 1 is 1.07 bits per heavy atom. The minimum Gasteiger partial charge on any atom is -0.504 e. The third kappa shape index (κ3) is 5.00. The van der Waals surface area contributed by atoms with Gasteiger partial charge in [0.15, 0.2) is 28.2 Å². The molecule has 2 heterocycles. The Labute approximate surface area is 242 Å². The van der Waals surface area contributed by atoms with Crippen LogP contribution in [0, 0.1) is 0 Å². The van der Waals surface area contributed by atoms with Crippen LogP contribution in [0.2, 0.25) is 5.02 Å². The number of hydrogen-bond acceptors (Lipinski definition) is 11. The number of phenols is 1. The summed E-state index contributed by atoms with van der Waals surface area (Å²) >= 11 is 6.62. The highest BCUT2D eigenvalue weighted by molar-refractivity contribution is 7.93. The van der Waals surface area contributed by atoms with E-state index in [4.69, 9.17) is 21.5 Å². The highest BCUT2D eigenvalue weighted by atomic mass is 35.5. The van der Waals surface area contributed by atoms with Crippen LogP contribution in [0.15, 0.2) is 93.4 Å². The highest BCUT2D eigenvalue weighted by Crippen LogP contribution is 2.45. The number of aliphatic hydroxyl groups excluding tert-OH is 1. The fourth-order valence-corrected chi connectivity index (χ4v) is 6.95. The third-order valence-corrected chi connectivity index (χ3v) is 9.80. The summed E-state index contributed by atoms with van der Waals surface area (Å²) in [5.41, 5.74) is 2.34. The van der Waals surface area contributed by atoms with Gasteiger partial charge in [-0.05, 0) is 66.2 Å². The second-order valence-corrected chi connectivity index (χ2v) is 12.3. The van der Waals surface area contributed by atoms with Crippen molar-refractivity contribution < 1.29 is 38.2 Å². The van der Waals surface area contributed by atoms with Crippen molar-refractivity contribution in [2.75, 3.05) is 17.5 Å². The topological polar surface area (TPSA) is 166 Å². The van der Waals surface area contributed by atoms with Gasteiger partial charge in [-0.1, -0.05) is 29.0 Å². The van der Waals surface area contributed by atoms with Crippen molar-refractivity contribution in [1.82, 2.24) is 4.98 Å². The monoisotopic (exact) mass is 613 g/mol. The van der Waals surface area contributed by atoms with Crippen LogP contribution < -0.4 is 15.1 Å². The molecule has 4 N–H and O–H groups in total. The van der Waals surface area contributed by atoms with Gasteiger partial charge in [-0.15, -0.1) is 0 Å². The number of benzene rings is 3. The second-order valence-electron chi connectivity index (χ2n) is 8.71. The second kappa shape index (κ2) is 10.9. The van der Waals surface area contributed by atoms with Crippen LogP contribution in [0.5, 0.6) is 11.5 Å². The van der Waals surface area contributed by atoms with Gasteiger partial charge in [0.05, 0.1) is 35.5 Å². The molecule has 41 heavy (non-hydrogen) atoms. The zero-order valence-corrected chi connectivity index (χ0v) is 23.4. The number of sulfone groups is 1. The quantitative estimate of drug-likeness (QED) is 0.158. The molecule has 1 aromatic heterocycles. The molecule has 0 saturated carbocycles. The van der Waals surface area contributed by atoms with E-state index in [0.717, 1.165) is 11.1 Å². The van der Waals surface area contributed by atoms with E-state index in [2.05, 4.69) is 4.98 Å². The average Bonchev–Trinajstić information content (AvgIpc) is 3.57. The number of hydrogen-bond donors (Lipinski definition) is 4. The van der Waals surface area contributed by atoms with Crippen molar-refractivity contribution in [3.8, 4) is 11.5 Å². The molecule has 0 saturated heterocycles. The molecule has 1 atom stereocenters. The molecule has 4 aromatic rings. The van der Waals surface area contributed by atoms with E-state index in [1.807, 2.05) is 5.48 Å². The smallest absolute Gasteiger partial charge is 0.296 e. The van der Waals surface area contributed by atoms with Crippen molar-refractivity contribution in [3.63, 3.8) is 0 Å². The number of nitrogens with zero attached hydrogens (tertiary/aromatic N) is 2. The molecule has 1 aliphatic rings. The highest BCUT2D eigenvalue weighted by Gasteiger charge is 2.46. The van der Waals surface area contributed by atoms with Crippen molar-refractivity contribution in [2.24, 2.45) is 0 Å². The van der Waals surface area contributed by atoms with E-state index in [0.29, 0.717) is 16.4 Å². The number of nitrogens with one attached hydrogen (secondary N) is 1. The molecule has 5 rings (SSSR count). The summed E-state index contributed by atoms with van der Waals surface area (Å²) in [5.74, 6) is -2.64. The molecule has 1 unspecified atom stereocenters. The van der Waals surface area contributed by atoms with Gasteiger partial charge < -0.3 is 14.9 Å². The van der Waals surface area contributed by atoms with E-state index in [1.165, 1.54) is 73.8 Å². The van der Waals surface area contributed by atoms with Gasteiger partial charge in [0.25, 0.3) is 5.91 Å². The van der Waals surface area contributed by atoms with Crippen molar-refractivity contribution in [3.05, 3.63) is 100 Å². The fourth-order valence-electron chi connectivity index (χ4n) is 4.28. The number of carbonyl (C=O) groups is 2. The maximum atomic E-state index is 13.6. The van der Waals surface area contributed by atoms with Gasteiger partial charge in [0.1, 0.15) is 4.21 Å². The van der Waals surface area contributed by atoms with Crippen LogP contribution >= 0.6 is 22.9 Å². The fraction of sp³-hybridized carbons (Fsp3) is 0.0741. The van der Waals surface area contributed by atoms with Crippen LogP contribution in [0.3, 0.4) is 0 Å². The number of methoxy groups -OCH3 is 1. The third-order valence-electron chi connectivity index (χ3n) is 6.32. The van der Waals surface area contributed by atoms with Gasteiger partial charge in [-0.25, -0.2) is 13.4 Å². The number of aromatic hydroxyl groups is 1. The largest absolute Gasteiger partial charge is 0.504 e. The Morgan fingerprint density at radius 2 is 1.76 bits per heavy atom. The molecule has 0 fully saturated rings. The van der Waals surface area contributed by atoms with Gasteiger partial charge in [0, 0.05) is 10.6 Å². The molecule has 210 valence electrons. The lowest BCUT2D eigenvalue weighted by Gasteiger charge is -2.25. The first kappa shape index (κ1) is 28.1. The predicted octanol–water partition coefficient (Wildman–Crippen LogP) is 4.93. The Morgan fingerprint density at radius 3 is 2.39 bits per heavy atom. The standard InChI is InChI=1S/C27H20ClN3O8S2/c1-39-20-12-15(4-11-19(20)32)23-22(24(33)14-2-5-16(28)6-3-14)25(34)26(35)31(23)27-29-13-21(40-27)41(37,38)18-9-7-17(30-36)8-10-18/h2-13,23,30,32,34,36H,1H3. The molecule has 11 nitrogen and oxygen atoms in total. The molecule has 0 radical (unpaired) electrons. The Balaban J connectivity index is 1.62. The van der Waals surface area contributed by atoms with Crippen molar-refractivity contribution in [2.45, 2.75) is 15.1 Å². The zero-order chi connectivity index (χ0) is 29.5. The number of ketones is 1. The van der Waals surface area contributed by atoms with E-state index in [-0.39, 0.29) is 48.1 Å². The van der Waals surface area contributed by atoms with E-state index in [1.54, 1.807) is 0 Å². The summed E-state index contributed by atoms with van der Waals surface area (Å²) in [6, 6.07) is 14.1. The van der Waals surface area contributed by atoms with Gasteiger partial charge in [-0.3, -0.25) is 25.2 Å². The first-order valence-corrected chi connectivity index (χ1v) is 14.4. The van der Waals surface area contributed by atoms with Crippen molar-refractivity contribution >= 4 is 55.3 Å². The SMILES string of the molecule is COc1cc(C2C(C(=O)c3ccc(Cl)cc3)=C(O)C(=O)N2c2ncc(S(=O)(=O)c3ccc(NO)cc3)s2)ccc1O. The summed E-state index contributed by atoms with van der Waals surface area (Å²) in [5, 5.41) is 30.4. The Bertz CT molecular complexity index is 1800.